The lowest BCUT2D eigenvalue weighted by atomic mass is 10.1. The number of rotatable bonds is 4. The fourth-order valence-corrected chi connectivity index (χ4v) is 2.89. The summed E-state index contributed by atoms with van der Waals surface area (Å²) in [6.07, 6.45) is -7.30. The molecule has 0 aliphatic heterocycles. The van der Waals surface area contributed by atoms with Crippen molar-refractivity contribution in [3.63, 3.8) is 0 Å². The third-order valence-electron chi connectivity index (χ3n) is 4.63. The summed E-state index contributed by atoms with van der Waals surface area (Å²) >= 11 is 0. The molecule has 1 N–H and O–H groups in total. The molecule has 9 heteroatoms. The van der Waals surface area contributed by atoms with E-state index in [1.807, 2.05) is 0 Å². The van der Waals surface area contributed by atoms with Gasteiger partial charge in [0, 0.05) is 18.2 Å². The monoisotopic (exact) mass is 440 g/mol. The van der Waals surface area contributed by atoms with Gasteiger partial charge < -0.3 is 10.2 Å². The second-order valence-electron chi connectivity index (χ2n) is 7.09. The van der Waals surface area contributed by atoms with Crippen LogP contribution in [0.4, 0.5) is 31.1 Å². The van der Waals surface area contributed by atoms with Crippen molar-refractivity contribution in [2.75, 3.05) is 6.54 Å². The van der Waals surface area contributed by atoms with E-state index in [9.17, 15) is 31.1 Å². The van der Waals surface area contributed by atoms with E-state index < -0.39 is 29.5 Å². The van der Waals surface area contributed by atoms with Gasteiger partial charge in [-0.05, 0) is 48.7 Å². The minimum atomic E-state index is -4.46. The Morgan fingerprint density at radius 1 is 0.968 bits per heavy atom. The van der Waals surface area contributed by atoms with Crippen LogP contribution >= 0.6 is 0 Å². The Labute approximate surface area is 175 Å². The molecular weight excluding hydrogens is 422 g/mol. The fraction of sp³-hybridized carbons (Fsp3) is 0.318. The van der Waals surface area contributed by atoms with Crippen molar-refractivity contribution in [2.24, 2.45) is 0 Å². The van der Waals surface area contributed by atoms with Gasteiger partial charge in [0.15, 0.2) is 0 Å². The number of carbonyl (C=O) groups excluding carboxylic acids is 1. The third kappa shape index (κ3) is 6.41. The molecule has 3 rings (SSSR count). The van der Waals surface area contributed by atoms with E-state index in [4.69, 9.17) is 0 Å². The second-order valence-corrected chi connectivity index (χ2v) is 7.09. The summed E-state index contributed by atoms with van der Waals surface area (Å²) in [5.74, 6) is 5.19. The van der Waals surface area contributed by atoms with Gasteiger partial charge >= 0.3 is 18.4 Å². The van der Waals surface area contributed by atoms with Gasteiger partial charge in [-0.25, -0.2) is 4.79 Å². The Balaban J connectivity index is 1.58. The molecule has 2 amide bonds. The zero-order valence-electron chi connectivity index (χ0n) is 16.1. The number of amides is 2. The highest BCUT2D eigenvalue weighted by Gasteiger charge is 2.33. The predicted octanol–water partition coefficient (Wildman–Crippen LogP) is 5.45. The number of hydrogen-bond acceptors (Lipinski definition) is 1. The Hall–Kier alpha value is -3.15. The van der Waals surface area contributed by atoms with Gasteiger partial charge in [-0.1, -0.05) is 30.0 Å². The van der Waals surface area contributed by atoms with E-state index >= 15 is 0 Å². The molecule has 0 aromatic heterocycles. The number of hydrogen-bond donors (Lipinski definition) is 1. The molecule has 1 fully saturated rings. The summed E-state index contributed by atoms with van der Waals surface area (Å²) in [5.41, 5.74) is -0.832. The quantitative estimate of drug-likeness (QED) is 0.498. The summed E-state index contributed by atoms with van der Waals surface area (Å²) in [6.45, 7) is 0.0704. The Bertz CT molecular complexity index is 982. The average Bonchev–Trinajstić information content (AvgIpc) is 3.53. The molecule has 164 valence electrons. The van der Waals surface area contributed by atoms with E-state index in [2.05, 4.69) is 17.2 Å². The lowest BCUT2D eigenvalue weighted by Gasteiger charge is -2.22. The summed E-state index contributed by atoms with van der Waals surface area (Å²) in [5, 5.41) is 2.59. The summed E-state index contributed by atoms with van der Waals surface area (Å²) < 4.78 is 76.2. The number of nitrogens with one attached hydrogen (secondary N) is 1. The van der Waals surface area contributed by atoms with Gasteiger partial charge in [0.25, 0.3) is 0 Å². The zero-order valence-corrected chi connectivity index (χ0v) is 16.1. The molecule has 0 saturated heterocycles. The van der Waals surface area contributed by atoms with E-state index in [0.29, 0.717) is 5.56 Å². The number of benzene rings is 2. The molecule has 0 atom stereocenters. The van der Waals surface area contributed by atoms with Crippen molar-refractivity contribution in [1.82, 2.24) is 10.2 Å². The first-order chi connectivity index (χ1) is 14.5. The number of halogens is 6. The fourth-order valence-electron chi connectivity index (χ4n) is 2.89. The molecule has 2 aromatic rings. The van der Waals surface area contributed by atoms with E-state index in [1.54, 1.807) is 0 Å². The first-order valence-corrected chi connectivity index (χ1v) is 9.41. The zero-order chi connectivity index (χ0) is 22.6. The normalized spacial score (nSPS) is 13.9. The number of alkyl halides is 6. The van der Waals surface area contributed by atoms with Crippen molar-refractivity contribution >= 4 is 6.03 Å². The third-order valence-corrected chi connectivity index (χ3v) is 4.63. The van der Waals surface area contributed by atoms with Gasteiger partial charge in [-0.2, -0.15) is 26.3 Å². The maximum absolute atomic E-state index is 12.7. The Morgan fingerprint density at radius 2 is 1.61 bits per heavy atom. The predicted molar refractivity (Wildman–Crippen MR) is 102 cm³/mol. The van der Waals surface area contributed by atoms with Crippen LogP contribution in [0.5, 0.6) is 0 Å². The highest BCUT2D eigenvalue weighted by atomic mass is 19.4. The molecule has 1 saturated carbocycles. The lowest BCUT2D eigenvalue weighted by Crippen LogP contribution is -2.41. The molecule has 0 spiro atoms. The molecule has 2 aromatic carbocycles. The summed E-state index contributed by atoms with van der Waals surface area (Å²) in [7, 11) is 0. The molecule has 1 aliphatic rings. The molecule has 3 nitrogen and oxygen atoms in total. The highest BCUT2D eigenvalue weighted by molar-refractivity contribution is 5.75. The molecule has 0 heterocycles. The van der Waals surface area contributed by atoms with Gasteiger partial charge in [-0.3, -0.25) is 0 Å². The summed E-state index contributed by atoms with van der Waals surface area (Å²) in [4.78, 5) is 14.0. The SMILES string of the molecule is O=C(NCC#Cc1cccc(C(F)(F)F)c1)N(Cc1ccc(C(F)(F)F)cc1)C1CC1. The van der Waals surface area contributed by atoms with Crippen molar-refractivity contribution < 1.29 is 31.1 Å². The topological polar surface area (TPSA) is 32.3 Å². The highest BCUT2D eigenvalue weighted by Crippen LogP contribution is 2.31. The summed E-state index contributed by atoms with van der Waals surface area (Å²) in [6, 6.07) is 8.74. The van der Waals surface area contributed by atoms with E-state index in [-0.39, 0.29) is 24.7 Å². The Kier molecular flexibility index (Phi) is 6.48. The van der Waals surface area contributed by atoms with Crippen LogP contribution in [0.2, 0.25) is 0 Å². The van der Waals surface area contributed by atoms with Crippen LogP contribution in [0.25, 0.3) is 0 Å². The second kappa shape index (κ2) is 8.92. The maximum Gasteiger partial charge on any atom is 0.416 e. The molecule has 0 unspecified atom stereocenters. The number of nitrogens with zero attached hydrogens (tertiary/aromatic N) is 1. The molecule has 0 bridgehead atoms. The molecular formula is C22H18F6N2O. The van der Waals surface area contributed by atoms with Crippen LogP contribution in [0.15, 0.2) is 48.5 Å². The Morgan fingerprint density at radius 3 is 2.19 bits per heavy atom. The van der Waals surface area contributed by atoms with Crippen molar-refractivity contribution in [1.29, 1.82) is 0 Å². The standard InChI is InChI=1S/C22H18F6N2O/c23-21(24,25)17-8-6-16(7-9-17)14-30(19-10-11-19)20(31)29-12-2-4-15-3-1-5-18(13-15)22(26,27)28/h1,3,5-9,13,19H,10-12,14H2,(H,29,31). The molecule has 31 heavy (non-hydrogen) atoms. The van der Waals surface area contributed by atoms with E-state index in [1.165, 1.54) is 29.2 Å². The van der Waals surface area contributed by atoms with Crippen LogP contribution in [-0.4, -0.2) is 23.5 Å². The smallest absolute Gasteiger partial charge is 0.327 e. The van der Waals surface area contributed by atoms with E-state index in [0.717, 1.165) is 37.1 Å². The van der Waals surface area contributed by atoms with Crippen LogP contribution in [0.1, 0.15) is 35.1 Å². The van der Waals surface area contributed by atoms with Crippen LogP contribution < -0.4 is 5.32 Å². The lowest BCUT2D eigenvalue weighted by molar-refractivity contribution is -0.138. The minimum absolute atomic E-state index is 0.00119. The van der Waals surface area contributed by atoms with Gasteiger partial charge in [-0.15, -0.1) is 0 Å². The van der Waals surface area contributed by atoms with Crippen molar-refractivity contribution in [3.8, 4) is 11.8 Å². The average molecular weight is 440 g/mol. The first kappa shape index (κ1) is 22.5. The molecule has 0 radical (unpaired) electrons. The number of carbonyl (C=O) groups is 1. The van der Waals surface area contributed by atoms with Gasteiger partial charge in [0.05, 0.1) is 17.7 Å². The number of urea groups is 1. The largest absolute Gasteiger partial charge is 0.416 e. The first-order valence-electron chi connectivity index (χ1n) is 9.41. The van der Waals surface area contributed by atoms with Crippen molar-refractivity contribution in [3.05, 3.63) is 70.8 Å². The molecule has 1 aliphatic carbocycles. The van der Waals surface area contributed by atoms with Gasteiger partial charge in [0.1, 0.15) is 0 Å². The van der Waals surface area contributed by atoms with Crippen molar-refractivity contribution in [2.45, 2.75) is 37.8 Å². The van der Waals surface area contributed by atoms with Gasteiger partial charge in [0.2, 0.25) is 0 Å². The van der Waals surface area contributed by atoms with Crippen LogP contribution in [0, 0.1) is 11.8 Å². The van der Waals surface area contributed by atoms with Crippen LogP contribution in [0.3, 0.4) is 0 Å². The van der Waals surface area contributed by atoms with Crippen LogP contribution in [-0.2, 0) is 18.9 Å². The minimum Gasteiger partial charge on any atom is -0.327 e. The maximum atomic E-state index is 12.7.